The average molecular weight is 371 g/mol. The summed E-state index contributed by atoms with van der Waals surface area (Å²) in [5.41, 5.74) is 0. The van der Waals surface area contributed by atoms with Crippen molar-refractivity contribution in [2.45, 2.75) is 64.5 Å². The van der Waals surface area contributed by atoms with Crippen LogP contribution in [0.2, 0.25) is 0 Å². The second kappa shape index (κ2) is 7.25. The first kappa shape index (κ1) is 18.7. The topological polar surface area (TPSA) is 74.8 Å². The zero-order valence-corrected chi connectivity index (χ0v) is 16.1. The van der Waals surface area contributed by atoms with Crippen molar-refractivity contribution >= 4 is 21.7 Å². The molecular weight excluding hydrogens is 340 g/mol. The van der Waals surface area contributed by atoms with Crippen LogP contribution in [0.3, 0.4) is 0 Å². The first-order chi connectivity index (χ1) is 11.9. The van der Waals surface area contributed by atoms with E-state index < -0.39 is 9.84 Å². The molecule has 3 fully saturated rings. The van der Waals surface area contributed by atoms with Crippen molar-refractivity contribution in [2.75, 3.05) is 24.6 Å². The molecule has 0 N–H and O–H groups in total. The van der Waals surface area contributed by atoms with E-state index in [1.807, 2.05) is 11.8 Å². The van der Waals surface area contributed by atoms with Crippen LogP contribution in [-0.2, 0) is 19.4 Å². The Kier molecular flexibility index (Phi) is 5.42. The molecule has 1 aliphatic carbocycles. The molecule has 0 bridgehead atoms. The molecule has 0 spiro atoms. The number of piperidine rings is 1. The Morgan fingerprint density at radius 2 is 1.88 bits per heavy atom. The summed E-state index contributed by atoms with van der Waals surface area (Å²) in [5, 5.41) is 0. The molecule has 0 aromatic rings. The highest BCUT2D eigenvalue weighted by Crippen LogP contribution is 2.43. The summed E-state index contributed by atoms with van der Waals surface area (Å²) in [7, 11) is -3.02. The fourth-order valence-electron chi connectivity index (χ4n) is 4.50. The number of amides is 2. The van der Waals surface area contributed by atoms with Crippen molar-refractivity contribution in [1.82, 2.24) is 9.80 Å². The van der Waals surface area contributed by atoms with E-state index in [0.717, 1.165) is 25.8 Å². The summed E-state index contributed by atoms with van der Waals surface area (Å²) in [4.78, 5) is 29.4. The van der Waals surface area contributed by atoms with Gasteiger partial charge in [-0.15, -0.1) is 0 Å². The molecule has 142 valence electrons. The van der Waals surface area contributed by atoms with Crippen molar-refractivity contribution in [1.29, 1.82) is 0 Å². The van der Waals surface area contributed by atoms with E-state index in [-0.39, 0.29) is 41.2 Å². The third kappa shape index (κ3) is 3.86. The van der Waals surface area contributed by atoms with Gasteiger partial charge in [0.05, 0.1) is 23.3 Å². The lowest BCUT2D eigenvalue weighted by Gasteiger charge is -2.35. The molecule has 7 heteroatoms. The minimum absolute atomic E-state index is 0.0204. The van der Waals surface area contributed by atoms with E-state index in [1.165, 1.54) is 6.42 Å². The zero-order valence-electron chi connectivity index (χ0n) is 15.3. The minimum Gasteiger partial charge on any atom is -0.339 e. The lowest BCUT2D eigenvalue weighted by Crippen LogP contribution is -2.46. The van der Waals surface area contributed by atoms with E-state index in [0.29, 0.717) is 25.4 Å². The van der Waals surface area contributed by atoms with E-state index in [9.17, 15) is 18.0 Å². The number of carbonyl (C=O) groups is 2. The van der Waals surface area contributed by atoms with Crippen LogP contribution < -0.4 is 0 Å². The maximum absolute atomic E-state index is 12.8. The van der Waals surface area contributed by atoms with Crippen molar-refractivity contribution < 1.29 is 18.0 Å². The highest BCUT2D eigenvalue weighted by Gasteiger charge is 2.52. The Hall–Kier alpha value is -1.11. The van der Waals surface area contributed by atoms with Gasteiger partial charge in [0.2, 0.25) is 11.8 Å². The van der Waals surface area contributed by atoms with E-state index in [2.05, 4.69) is 6.92 Å². The Labute approximate surface area is 150 Å². The molecule has 3 aliphatic rings. The molecule has 6 nitrogen and oxygen atoms in total. The lowest BCUT2D eigenvalue weighted by atomic mass is 9.99. The molecule has 1 saturated carbocycles. The van der Waals surface area contributed by atoms with Crippen LogP contribution in [0.1, 0.15) is 52.4 Å². The summed E-state index contributed by atoms with van der Waals surface area (Å²) in [6.07, 6.45) is 5.41. The normalized spacial score (nSPS) is 33.9. The zero-order chi connectivity index (χ0) is 18.2. The summed E-state index contributed by atoms with van der Waals surface area (Å²) in [6, 6.07) is 0.108. The summed E-state index contributed by atoms with van der Waals surface area (Å²) < 4.78 is 23.4. The molecule has 4 unspecified atom stereocenters. The largest absolute Gasteiger partial charge is 0.339 e. The third-order valence-electron chi connectivity index (χ3n) is 6.08. The molecule has 0 aromatic carbocycles. The molecule has 25 heavy (non-hydrogen) atoms. The van der Waals surface area contributed by atoms with E-state index in [4.69, 9.17) is 0 Å². The van der Waals surface area contributed by atoms with Crippen LogP contribution in [0.4, 0.5) is 0 Å². The van der Waals surface area contributed by atoms with Gasteiger partial charge in [-0.2, -0.15) is 0 Å². The average Bonchev–Trinajstić information content (AvgIpc) is 3.32. The smallest absolute Gasteiger partial charge is 0.226 e. The summed E-state index contributed by atoms with van der Waals surface area (Å²) >= 11 is 0. The summed E-state index contributed by atoms with van der Waals surface area (Å²) in [6.45, 7) is 5.33. The molecule has 3 rings (SSSR count). The number of hydrogen-bond donors (Lipinski definition) is 0. The van der Waals surface area contributed by atoms with E-state index in [1.54, 1.807) is 4.90 Å². The van der Waals surface area contributed by atoms with Gasteiger partial charge in [-0.3, -0.25) is 9.59 Å². The van der Waals surface area contributed by atoms with Crippen LogP contribution in [0.25, 0.3) is 0 Å². The molecule has 2 saturated heterocycles. The molecule has 2 heterocycles. The predicted molar refractivity (Wildman–Crippen MR) is 95.7 cm³/mol. The van der Waals surface area contributed by atoms with Gasteiger partial charge in [-0.25, -0.2) is 8.42 Å². The van der Waals surface area contributed by atoms with Crippen molar-refractivity contribution in [3.8, 4) is 0 Å². The van der Waals surface area contributed by atoms with Crippen LogP contribution in [0.5, 0.6) is 0 Å². The number of hydrogen-bond acceptors (Lipinski definition) is 4. The Morgan fingerprint density at radius 1 is 1.12 bits per heavy atom. The second-order valence-corrected chi connectivity index (χ2v) is 9.95. The molecule has 4 atom stereocenters. The quantitative estimate of drug-likeness (QED) is 0.734. The van der Waals surface area contributed by atoms with Gasteiger partial charge in [0, 0.05) is 25.2 Å². The Balaban J connectivity index is 1.61. The fourth-order valence-corrected chi connectivity index (χ4v) is 6.23. The van der Waals surface area contributed by atoms with Crippen LogP contribution >= 0.6 is 0 Å². The number of sulfone groups is 1. The van der Waals surface area contributed by atoms with Crippen LogP contribution in [0.15, 0.2) is 0 Å². The van der Waals surface area contributed by atoms with Gasteiger partial charge in [0.15, 0.2) is 9.84 Å². The number of carbonyl (C=O) groups excluding carboxylic acids is 2. The minimum atomic E-state index is -3.02. The van der Waals surface area contributed by atoms with Crippen molar-refractivity contribution in [3.05, 3.63) is 0 Å². The highest BCUT2D eigenvalue weighted by atomic mass is 32.2. The molecule has 0 aromatic heterocycles. The molecule has 2 amide bonds. The van der Waals surface area contributed by atoms with E-state index >= 15 is 0 Å². The van der Waals surface area contributed by atoms with Gasteiger partial charge in [0.25, 0.3) is 0 Å². The molecule has 0 radical (unpaired) electrons. The van der Waals surface area contributed by atoms with Gasteiger partial charge in [0.1, 0.15) is 0 Å². The van der Waals surface area contributed by atoms with Gasteiger partial charge in [-0.1, -0.05) is 6.92 Å². The first-order valence-corrected chi connectivity index (χ1v) is 11.5. The van der Waals surface area contributed by atoms with Crippen LogP contribution in [0, 0.1) is 11.8 Å². The Bertz CT molecular complexity index is 633. The maximum atomic E-state index is 12.8. The SMILES string of the molecule is CCC1CCCCN1C(=O)C1CC1C(=O)N(CC)C1CCS(=O)(=O)C1. The van der Waals surface area contributed by atoms with Crippen LogP contribution in [-0.4, -0.2) is 66.7 Å². The third-order valence-corrected chi connectivity index (χ3v) is 7.83. The predicted octanol–water partition coefficient (Wildman–Crippen LogP) is 1.45. The fraction of sp³-hybridized carbons (Fsp3) is 0.889. The van der Waals surface area contributed by atoms with Gasteiger partial charge >= 0.3 is 0 Å². The Morgan fingerprint density at radius 3 is 2.48 bits per heavy atom. The lowest BCUT2D eigenvalue weighted by molar-refractivity contribution is -0.141. The van der Waals surface area contributed by atoms with Gasteiger partial charge < -0.3 is 9.80 Å². The summed E-state index contributed by atoms with van der Waals surface area (Å²) in [5.74, 6) is -0.0718. The number of rotatable bonds is 5. The van der Waals surface area contributed by atoms with Crippen molar-refractivity contribution in [3.63, 3.8) is 0 Å². The monoisotopic (exact) mass is 370 g/mol. The number of likely N-dealkylation sites (tertiary alicyclic amines) is 1. The number of nitrogens with zero attached hydrogens (tertiary/aromatic N) is 2. The molecule has 2 aliphatic heterocycles. The molecular formula is C18H30N2O4S. The second-order valence-electron chi connectivity index (χ2n) is 7.72. The maximum Gasteiger partial charge on any atom is 0.226 e. The van der Waals surface area contributed by atoms with Gasteiger partial charge in [-0.05, 0) is 45.4 Å². The standard InChI is InChI=1S/C18H30N2O4S/c1-3-13-7-5-6-9-20(13)18(22)16-11-15(16)17(21)19(4-2)14-8-10-25(23,24)12-14/h13-16H,3-12H2,1-2H3. The van der Waals surface area contributed by atoms with Crippen molar-refractivity contribution in [2.24, 2.45) is 11.8 Å². The highest BCUT2D eigenvalue weighted by molar-refractivity contribution is 7.91. The first-order valence-electron chi connectivity index (χ1n) is 9.69.